The molecule has 3 amide bonds. The highest BCUT2D eigenvalue weighted by Crippen LogP contribution is 2.64. The van der Waals surface area contributed by atoms with Crippen molar-refractivity contribution in [2.75, 3.05) is 37.5 Å². The number of amidine groups is 1. The Labute approximate surface area is 413 Å². The van der Waals surface area contributed by atoms with Crippen LogP contribution >= 0.6 is 0 Å². The van der Waals surface area contributed by atoms with E-state index in [0.29, 0.717) is 48.5 Å². The summed E-state index contributed by atoms with van der Waals surface area (Å²) in [7, 11) is 3.02. The number of alkyl carbamates (subject to hydrolysis) is 1. The lowest BCUT2D eigenvalue weighted by atomic mass is 9.83. The van der Waals surface area contributed by atoms with Crippen LogP contribution in [0.15, 0.2) is 101 Å². The number of nitrogens with one attached hydrogen (secondary N) is 2. The number of ether oxygens (including phenoxy) is 2. The van der Waals surface area contributed by atoms with Gasteiger partial charge in [0.1, 0.15) is 17.2 Å². The van der Waals surface area contributed by atoms with Gasteiger partial charge in [-0.25, -0.2) is 14.2 Å². The Kier molecular flexibility index (Phi) is 12.6. The maximum absolute atomic E-state index is 14.4. The summed E-state index contributed by atoms with van der Waals surface area (Å²) in [6.45, 7) is 14.5. The molecule has 0 bridgehead atoms. The molecule has 3 aromatic carbocycles. The molecule has 11 atom stereocenters. The SMILES string of the molecule is C=C(C[C@H](C(=O)N1CCC2CC21C(=O)Nc1ccc([C@H]2CC[C@H](c3ccc(N=C(N)[C@@H]4CCCN4C(=C4CC4)C4(C(C)CC)CC4NC(=O)OC)cc3)N2c2ccc(F)cc2)cc1)C1(C)CC1C)OC. The van der Waals surface area contributed by atoms with Gasteiger partial charge in [0.05, 0.1) is 49.7 Å². The number of nitrogens with two attached hydrogens (primary N) is 1. The Morgan fingerprint density at radius 2 is 1.56 bits per heavy atom. The van der Waals surface area contributed by atoms with Crippen molar-refractivity contribution in [3.8, 4) is 0 Å². The number of carbonyl (C=O) groups excluding carboxylic acids is 3. The number of benzene rings is 3. The Morgan fingerprint density at radius 1 is 0.900 bits per heavy atom. The number of piperidine rings is 1. The standard InChI is InChI=1S/C57H72FN7O5/c1-8-34(2)56(33-49(56)62-54(68)70-7)50(39-11-12-39)63-28-9-10-48(63)51(59)60-42-19-13-37(14-20-42)46-25-26-47(65(46)44-23-17-41(58)18-24-44)38-15-21-43(22-16-38)61-53(67)57-32-40(57)27-29-64(57)52(66)45(30-36(4)69-6)55(5)31-35(55)3/h13-24,34-35,40,45-49H,4,8-12,25-33H2,1-3,5-7H3,(H2,59,60)(H,61,67)(H,62,68)/t34?,35?,40?,45-,46-,47-,48+,49?,55?,56?,57?/m1/s1. The van der Waals surface area contributed by atoms with Gasteiger partial charge in [0.2, 0.25) is 5.91 Å². The molecule has 3 saturated heterocycles. The zero-order valence-corrected chi connectivity index (χ0v) is 41.9. The Morgan fingerprint density at radius 3 is 2.14 bits per heavy atom. The number of carbonyl (C=O) groups is 3. The van der Waals surface area contributed by atoms with Crippen LogP contribution in [0.5, 0.6) is 0 Å². The van der Waals surface area contributed by atoms with Gasteiger partial charge in [0, 0.05) is 48.0 Å². The number of hydrogen-bond donors (Lipinski definition) is 3. The van der Waals surface area contributed by atoms with E-state index in [4.69, 9.17) is 20.2 Å². The summed E-state index contributed by atoms with van der Waals surface area (Å²) in [6.07, 6.45) is 10.3. The van der Waals surface area contributed by atoms with E-state index in [9.17, 15) is 18.8 Å². The number of nitrogens with zero attached hydrogens (tertiary/aromatic N) is 4. The number of anilines is 2. The molecule has 4 aliphatic carbocycles. The first-order valence-corrected chi connectivity index (χ1v) is 25.9. The average molecular weight is 954 g/mol. The van der Waals surface area contributed by atoms with E-state index in [-0.39, 0.29) is 70.6 Å². The van der Waals surface area contributed by atoms with E-state index in [1.54, 1.807) is 7.11 Å². The van der Waals surface area contributed by atoms with Gasteiger partial charge < -0.3 is 40.5 Å². The van der Waals surface area contributed by atoms with Crippen molar-refractivity contribution < 1.29 is 28.2 Å². The molecule has 0 radical (unpaired) electrons. The van der Waals surface area contributed by atoms with Gasteiger partial charge in [-0.2, -0.15) is 0 Å². The molecular weight excluding hydrogens is 882 g/mol. The summed E-state index contributed by atoms with van der Waals surface area (Å²) < 4.78 is 24.8. The third-order valence-corrected chi connectivity index (χ3v) is 18.2. The van der Waals surface area contributed by atoms with Crippen molar-refractivity contribution in [1.29, 1.82) is 0 Å². The molecule has 4 N–H and O–H groups in total. The number of aliphatic imine (C=N–C) groups is 1. The maximum atomic E-state index is 14.4. The number of hydrogen-bond acceptors (Lipinski definition) is 8. The molecule has 12 nitrogen and oxygen atoms in total. The van der Waals surface area contributed by atoms with Crippen molar-refractivity contribution in [1.82, 2.24) is 15.1 Å². The van der Waals surface area contributed by atoms with Gasteiger partial charge in [-0.3, -0.25) is 9.59 Å². The van der Waals surface area contributed by atoms with Crippen LogP contribution in [0.2, 0.25) is 0 Å². The third kappa shape index (κ3) is 8.42. The highest BCUT2D eigenvalue weighted by molar-refractivity contribution is 6.04. The summed E-state index contributed by atoms with van der Waals surface area (Å²) in [4.78, 5) is 52.8. The normalized spacial score (nSPS) is 31.4. The molecular formula is C57H72FN7O5. The number of amides is 3. The van der Waals surface area contributed by atoms with Gasteiger partial charge in [-0.15, -0.1) is 0 Å². The van der Waals surface area contributed by atoms with E-state index >= 15 is 0 Å². The fourth-order valence-electron chi connectivity index (χ4n) is 13.3. The second kappa shape index (κ2) is 18.4. The van der Waals surface area contributed by atoms with Crippen LogP contribution in [-0.2, 0) is 19.1 Å². The zero-order valence-electron chi connectivity index (χ0n) is 41.9. The predicted molar refractivity (Wildman–Crippen MR) is 272 cm³/mol. The molecule has 7 unspecified atom stereocenters. The monoisotopic (exact) mass is 954 g/mol. The lowest BCUT2D eigenvalue weighted by molar-refractivity contribution is -0.144. The summed E-state index contributed by atoms with van der Waals surface area (Å²) in [5.74, 6) is 1.54. The Hall–Kier alpha value is -5.85. The van der Waals surface area contributed by atoms with Crippen LogP contribution in [0.4, 0.5) is 26.2 Å². The molecule has 0 aromatic heterocycles. The Bertz CT molecular complexity index is 2580. The van der Waals surface area contributed by atoms with Gasteiger partial charge in [0.15, 0.2) is 0 Å². The smallest absolute Gasteiger partial charge is 0.407 e. The van der Waals surface area contributed by atoms with E-state index in [0.717, 1.165) is 93.3 Å². The maximum Gasteiger partial charge on any atom is 0.407 e. The first-order valence-electron chi connectivity index (χ1n) is 25.9. The van der Waals surface area contributed by atoms with Crippen molar-refractivity contribution in [3.05, 3.63) is 113 Å². The second-order valence-electron chi connectivity index (χ2n) is 22.0. The van der Waals surface area contributed by atoms with Crippen LogP contribution in [0.1, 0.15) is 128 Å². The van der Waals surface area contributed by atoms with Crippen LogP contribution in [0.25, 0.3) is 0 Å². The number of allylic oxidation sites excluding steroid dienone is 2. The van der Waals surface area contributed by atoms with Crippen LogP contribution in [0, 0.1) is 40.3 Å². The molecule has 7 aliphatic rings. The average Bonchev–Trinajstić information content (AvgIpc) is 4.35. The molecule has 13 heteroatoms. The molecule has 3 aromatic rings. The molecule has 10 rings (SSSR count). The number of methoxy groups -OCH3 is 2. The van der Waals surface area contributed by atoms with Crippen molar-refractivity contribution in [2.24, 2.45) is 45.2 Å². The molecule has 3 aliphatic heterocycles. The van der Waals surface area contributed by atoms with Crippen molar-refractivity contribution in [2.45, 2.75) is 134 Å². The van der Waals surface area contributed by atoms with Gasteiger partial charge in [-0.05, 0) is 153 Å². The minimum absolute atomic E-state index is 0.00334. The quantitative estimate of drug-likeness (QED) is 0.0690. The minimum Gasteiger partial charge on any atom is -0.502 e. The molecule has 372 valence electrons. The van der Waals surface area contributed by atoms with E-state index in [2.05, 4.69) is 91.1 Å². The third-order valence-electron chi connectivity index (χ3n) is 18.2. The highest BCUT2D eigenvalue weighted by atomic mass is 19.1. The first kappa shape index (κ1) is 47.8. The zero-order chi connectivity index (χ0) is 49.3. The van der Waals surface area contributed by atoms with Gasteiger partial charge >= 0.3 is 6.09 Å². The molecule has 70 heavy (non-hydrogen) atoms. The summed E-state index contributed by atoms with van der Waals surface area (Å²) in [5, 5.41) is 6.35. The summed E-state index contributed by atoms with van der Waals surface area (Å²) in [6, 6.07) is 23.3. The van der Waals surface area contributed by atoms with Crippen molar-refractivity contribution in [3.63, 3.8) is 0 Å². The minimum atomic E-state index is -0.821. The van der Waals surface area contributed by atoms with Crippen molar-refractivity contribution >= 4 is 40.8 Å². The van der Waals surface area contributed by atoms with Crippen LogP contribution in [-0.4, -0.2) is 78.5 Å². The van der Waals surface area contributed by atoms with E-state index in [1.807, 2.05) is 29.2 Å². The topological polar surface area (TPSA) is 142 Å². The van der Waals surface area contributed by atoms with Crippen LogP contribution < -0.4 is 21.3 Å². The Balaban J connectivity index is 0.840. The van der Waals surface area contributed by atoms with Crippen LogP contribution in [0.3, 0.4) is 0 Å². The number of halogens is 1. The van der Waals surface area contributed by atoms with Gasteiger partial charge in [-0.1, -0.05) is 65.0 Å². The molecule has 4 saturated carbocycles. The second-order valence-corrected chi connectivity index (χ2v) is 22.0. The molecule has 0 spiro atoms. The number of rotatable bonds is 17. The fraction of sp³-hybridized carbons (Fsp3) is 0.544. The van der Waals surface area contributed by atoms with E-state index < -0.39 is 5.54 Å². The fourth-order valence-corrected chi connectivity index (χ4v) is 13.3. The lowest BCUT2D eigenvalue weighted by Gasteiger charge is -2.37. The largest absolute Gasteiger partial charge is 0.502 e. The molecule has 3 heterocycles. The summed E-state index contributed by atoms with van der Waals surface area (Å²) in [5.41, 5.74) is 13.4. The lowest BCUT2D eigenvalue weighted by Crippen LogP contribution is -2.51. The van der Waals surface area contributed by atoms with Gasteiger partial charge in [0.25, 0.3) is 5.91 Å². The summed E-state index contributed by atoms with van der Waals surface area (Å²) >= 11 is 0. The number of fused-ring (bicyclic) bond motifs is 1. The highest BCUT2D eigenvalue weighted by Gasteiger charge is 2.70. The van der Waals surface area contributed by atoms with E-state index in [1.165, 1.54) is 30.5 Å². The first-order chi connectivity index (χ1) is 33.7. The molecule has 7 fully saturated rings. The number of likely N-dealkylation sites (tertiary alicyclic amines) is 2. The predicted octanol–water partition coefficient (Wildman–Crippen LogP) is 10.7.